The van der Waals surface area contributed by atoms with Gasteiger partial charge in [0.1, 0.15) is 12.3 Å². The molecule has 0 bridgehead atoms. The molecule has 0 aliphatic rings. The molecule has 0 saturated carbocycles. The monoisotopic (exact) mass is 358 g/mol. The van der Waals surface area contributed by atoms with Gasteiger partial charge in [0.05, 0.1) is 17.6 Å². The third-order valence-electron chi connectivity index (χ3n) is 3.28. The van der Waals surface area contributed by atoms with Gasteiger partial charge in [-0.15, -0.1) is 0 Å². The number of methoxy groups -OCH3 is 1. The van der Waals surface area contributed by atoms with Crippen molar-refractivity contribution in [2.45, 2.75) is 24.8 Å². The number of carbonyl (C=O) groups is 2. The van der Waals surface area contributed by atoms with E-state index in [1.807, 2.05) is 0 Å². The van der Waals surface area contributed by atoms with Crippen LogP contribution in [0.5, 0.6) is 5.75 Å². The van der Waals surface area contributed by atoms with Crippen LogP contribution in [-0.4, -0.2) is 68.4 Å². The van der Waals surface area contributed by atoms with E-state index in [0.717, 1.165) is 4.31 Å². The van der Waals surface area contributed by atoms with Crippen LogP contribution in [0.2, 0.25) is 0 Å². The molecule has 1 N–H and O–H groups in total. The van der Waals surface area contributed by atoms with E-state index in [0.29, 0.717) is 0 Å². The summed E-state index contributed by atoms with van der Waals surface area (Å²) in [5, 5.41) is 8.95. The van der Waals surface area contributed by atoms with Crippen molar-refractivity contribution in [1.82, 2.24) is 9.21 Å². The summed E-state index contributed by atoms with van der Waals surface area (Å²) in [6.07, 6.45) is 0. The Hall–Kier alpha value is -2.13. The van der Waals surface area contributed by atoms with Crippen LogP contribution in [-0.2, 0) is 14.8 Å². The van der Waals surface area contributed by atoms with Crippen LogP contribution in [0.15, 0.2) is 23.1 Å². The van der Waals surface area contributed by atoms with Crippen LogP contribution in [0.4, 0.5) is 0 Å². The first-order chi connectivity index (χ1) is 11.0. The molecule has 0 fully saturated rings. The Morgan fingerprint density at radius 1 is 1.25 bits per heavy atom. The summed E-state index contributed by atoms with van der Waals surface area (Å²) in [7, 11) is 0.371. The van der Waals surface area contributed by atoms with Gasteiger partial charge in [-0.05, 0) is 32.0 Å². The molecule has 0 saturated heterocycles. The van der Waals surface area contributed by atoms with Crippen LogP contribution < -0.4 is 4.74 Å². The van der Waals surface area contributed by atoms with Crippen molar-refractivity contribution in [2.75, 3.05) is 27.7 Å². The van der Waals surface area contributed by atoms with Gasteiger partial charge < -0.3 is 14.7 Å². The van der Waals surface area contributed by atoms with E-state index in [4.69, 9.17) is 9.84 Å². The van der Waals surface area contributed by atoms with Crippen LogP contribution in [0.1, 0.15) is 24.2 Å². The maximum absolute atomic E-state index is 12.8. The highest BCUT2D eigenvalue weighted by Gasteiger charge is 2.30. The second-order valence-electron chi connectivity index (χ2n) is 5.60. The quantitative estimate of drug-likeness (QED) is 0.776. The van der Waals surface area contributed by atoms with Crippen LogP contribution in [0.25, 0.3) is 0 Å². The minimum absolute atomic E-state index is 0.0857. The Morgan fingerprint density at radius 3 is 2.25 bits per heavy atom. The second-order valence-corrected chi connectivity index (χ2v) is 7.49. The fourth-order valence-corrected chi connectivity index (χ4v) is 3.68. The van der Waals surface area contributed by atoms with Crippen molar-refractivity contribution in [3.63, 3.8) is 0 Å². The van der Waals surface area contributed by atoms with Gasteiger partial charge >= 0.3 is 5.97 Å². The number of carboxylic acid groups (broad SMARTS) is 1. The van der Waals surface area contributed by atoms with Crippen LogP contribution in [0.3, 0.4) is 0 Å². The number of ether oxygens (including phenoxy) is 1. The van der Waals surface area contributed by atoms with Gasteiger partial charge in [-0.2, -0.15) is 4.31 Å². The fourth-order valence-electron chi connectivity index (χ4n) is 2.07. The summed E-state index contributed by atoms with van der Waals surface area (Å²) in [5.74, 6) is -1.44. The molecular formula is C15H22N2O6S. The molecule has 0 heterocycles. The molecule has 1 rings (SSSR count). The minimum atomic E-state index is -4.08. The lowest BCUT2D eigenvalue weighted by Gasteiger charge is -2.24. The molecule has 8 nitrogen and oxygen atoms in total. The number of nitrogens with zero attached hydrogens (tertiary/aromatic N) is 2. The Morgan fingerprint density at radius 2 is 1.83 bits per heavy atom. The number of carboxylic acids is 1. The lowest BCUT2D eigenvalue weighted by Crippen LogP contribution is -2.40. The Bertz CT molecular complexity index is 727. The zero-order valence-corrected chi connectivity index (χ0v) is 15.1. The topological polar surface area (TPSA) is 104 Å². The number of hydrogen-bond acceptors (Lipinski definition) is 5. The SMILES string of the molecule is COc1ccc(S(=O)(=O)N(CC(=O)O)C(C)C)cc1C(=O)N(C)C. The van der Waals surface area contributed by atoms with E-state index >= 15 is 0 Å². The number of hydrogen-bond donors (Lipinski definition) is 1. The zero-order valence-electron chi connectivity index (χ0n) is 14.3. The molecule has 9 heteroatoms. The lowest BCUT2D eigenvalue weighted by atomic mass is 10.2. The van der Waals surface area contributed by atoms with E-state index in [1.54, 1.807) is 13.8 Å². The third kappa shape index (κ3) is 4.24. The van der Waals surface area contributed by atoms with E-state index in [1.165, 1.54) is 44.3 Å². The minimum Gasteiger partial charge on any atom is -0.496 e. The normalized spacial score (nSPS) is 11.6. The first-order valence-corrected chi connectivity index (χ1v) is 8.59. The Labute approximate surface area is 141 Å². The predicted molar refractivity (Wildman–Crippen MR) is 87.7 cm³/mol. The zero-order chi connectivity index (χ0) is 18.7. The first-order valence-electron chi connectivity index (χ1n) is 7.15. The summed E-state index contributed by atoms with van der Waals surface area (Å²) >= 11 is 0. The lowest BCUT2D eigenvalue weighted by molar-refractivity contribution is -0.137. The first kappa shape index (κ1) is 19.9. The molecule has 0 aliphatic carbocycles. The van der Waals surface area contributed by atoms with Gasteiger partial charge in [-0.25, -0.2) is 8.42 Å². The smallest absolute Gasteiger partial charge is 0.318 e. The average molecular weight is 358 g/mol. The Balaban J connectivity index is 3.46. The van der Waals surface area contributed by atoms with Crippen molar-refractivity contribution in [3.8, 4) is 5.75 Å². The number of carbonyl (C=O) groups excluding carboxylic acids is 1. The summed E-state index contributed by atoms with van der Waals surface area (Å²) < 4.78 is 31.5. The van der Waals surface area contributed by atoms with Crippen molar-refractivity contribution < 1.29 is 27.9 Å². The average Bonchev–Trinajstić information content (AvgIpc) is 2.50. The fraction of sp³-hybridized carbons (Fsp3) is 0.467. The maximum Gasteiger partial charge on any atom is 0.318 e. The summed E-state index contributed by atoms with van der Waals surface area (Å²) in [6, 6.07) is 3.32. The summed E-state index contributed by atoms with van der Waals surface area (Å²) in [4.78, 5) is 24.3. The maximum atomic E-state index is 12.8. The van der Waals surface area contributed by atoms with Crippen molar-refractivity contribution in [2.24, 2.45) is 0 Å². The van der Waals surface area contributed by atoms with E-state index in [2.05, 4.69) is 0 Å². The second kappa shape index (κ2) is 7.63. The van der Waals surface area contributed by atoms with E-state index < -0.39 is 34.5 Å². The molecule has 0 spiro atoms. The number of rotatable bonds is 7. The molecule has 1 aromatic carbocycles. The largest absolute Gasteiger partial charge is 0.496 e. The molecule has 0 radical (unpaired) electrons. The molecule has 0 aromatic heterocycles. The van der Waals surface area contributed by atoms with Gasteiger partial charge in [0.25, 0.3) is 5.91 Å². The highest BCUT2D eigenvalue weighted by Crippen LogP contribution is 2.26. The van der Waals surface area contributed by atoms with Gasteiger partial charge in [-0.1, -0.05) is 0 Å². The number of sulfonamides is 1. The van der Waals surface area contributed by atoms with Gasteiger partial charge in [0.2, 0.25) is 10.0 Å². The molecule has 24 heavy (non-hydrogen) atoms. The van der Waals surface area contributed by atoms with Gasteiger partial charge in [0, 0.05) is 20.1 Å². The highest BCUT2D eigenvalue weighted by molar-refractivity contribution is 7.89. The van der Waals surface area contributed by atoms with E-state index in [-0.39, 0.29) is 16.2 Å². The molecule has 0 unspecified atom stereocenters. The predicted octanol–water partition coefficient (Wildman–Crippen LogP) is 0.881. The third-order valence-corrected chi connectivity index (χ3v) is 5.30. The molecule has 1 amide bonds. The molecular weight excluding hydrogens is 336 g/mol. The highest BCUT2D eigenvalue weighted by atomic mass is 32.2. The van der Waals surface area contributed by atoms with Crippen LogP contribution in [0, 0.1) is 0 Å². The standard InChI is InChI=1S/C15H22N2O6S/c1-10(2)17(9-14(18)19)24(21,22)11-6-7-13(23-5)12(8-11)15(20)16(3)4/h6-8,10H,9H2,1-5H3,(H,18,19). The molecule has 134 valence electrons. The number of benzene rings is 1. The summed E-state index contributed by atoms with van der Waals surface area (Å²) in [5.41, 5.74) is 0.0857. The van der Waals surface area contributed by atoms with Crippen molar-refractivity contribution >= 4 is 21.9 Å². The van der Waals surface area contributed by atoms with Crippen LogP contribution >= 0.6 is 0 Å². The van der Waals surface area contributed by atoms with Crippen molar-refractivity contribution in [1.29, 1.82) is 0 Å². The van der Waals surface area contributed by atoms with Gasteiger partial charge in [0.15, 0.2) is 0 Å². The van der Waals surface area contributed by atoms with Gasteiger partial charge in [-0.3, -0.25) is 9.59 Å². The van der Waals surface area contributed by atoms with E-state index in [9.17, 15) is 18.0 Å². The van der Waals surface area contributed by atoms with Crippen molar-refractivity contribution in [3.05, 3.63) is 23.8 Å². The molecule has 0 aliphatic heterocycles. The molecule has 1 aromatic rings. The molecule has 0 atom stereocenters. The summed E-state index contributed by atoms with van der Waals surface area (Å²) in [6.45, 7) is 2.49. The number of amides is 1. The number of aliphatic carboxylic acids is 1. The Kier molecular flexibility index (Phi) is 6.33.